The normalized spacial score (nSPS) is 15.2. The number of benzene rings is 1. The van der Waals surface area contributed by atoms with Gasteiger partial charge < -0.3 is 9.80 Å². The second kappa shape index (κ2) is 7.85. The van der Waals surface area contributed by atoms with Crippen LogP contribution in [0.1, 0.15) is 48.4 Å². The summed E-state index contributed by atoms with van der Waals surface area (Å²) in [5.74, 6) is 1.35. The number of hydrogen-bond donors (Lipinski definition) is 0. The van der Waals surface area contributed by atoms with E-state index in [0.717, 1.165) is 48.8 Å². The van der Waals surface area contributed by atoms with Crippen molar-refractivity contribution < 1.29 is 4.79 Å². The van der Waals surface area contributed by atoms with Crippen molar-refractivity contribution in [2.75, 3.05) is 29.4 Å². The molecule has 5 heteroatoms. The first kappa shape index (κ1) is 18.4. The monoisotopic (exact) mass is 352 g/mol. The third-order valence-corrected chi connectivity index (χ3v) is 5.00. The summed E-state index contributed by atoms with van der Waals surface area (Å²) in [6.07, 6.45) is 2.29. The molecular weight excluding hydrogens is 324 g/mol. The number of nitrogens with zero attached hydrogens (tertiary/aromatic N) is 4. The maximum Gasteiger partial charge on any atom is 0.277 e. The fraction of sp³-hybridized carbons (Fsp3) is 0.476. The number of anilines is 2. The van der Waals surface area contributed by atoms with Crippen molar-refractivity contribution in [3.05, 3.63) is 47.3 Å². The molecule has 2 heterocycles. The van der Waals surface area contributed by atoms with Gasteiger partial charge in [-0.2, -0.15) is 0 Å². The van der Waals surface area contributed by atoms with Gasteiger partial charge in [0, 0.05) is 31.0 Å². The zero-order valence-corrected chi connectivity index (χ0v) is 16.2. The molecule has 1 aromatic carbocycles. The number of hydrogen-bond acceptors (Lipinski definition) is 4. The zero-order valence-electron chi connectivity index (χ0n) is 16.2. The van der Waals surface area contributed by atoms with Gasteiger partial charge in [-0.05, 0) is 63.3 Å². The van der Waals surface area contributed by atoms with E-state index in [1.807, 2.05) is 45.0 Å². The number of carbonyl (C=O) groups excluding carboxylic acids is 1. The Balaban J connectivity index is 1.88. The molecule has 1 aliphatic heterocycles. The molecule has 1 saturated heterocycles. The van der Waals surface area contributed by atoms with Crippen molar-refractivity contribution in [3.63, 3.8) is 0 Å². The minimum atomic E-state index is -0.0739. The molecular formula is C21H28N4O. The van der Waals surface area contributed by atoms with E-state index in [9.17, 15) is 4.79 Å². The Morgan fingerprint density at radius 2 is 1.92 bits per heavy atom. The average Bonchev–Trinajstić information content (AvgIpc) is 2.62. The molecule has 3 rings (SSSR count). The van der Waals surface area contributed by atoms with Crippen LogP contribution in [0, 0.1) is 19.8 Å². The summed E-state index contributed by atoms with van der Waals surface area (Å²) in [5.41, 5.74) is 3.34. The van der Waals surface area contributed by atoms with Crippen molar-refractivity contribution in [2.45, 2.75) is 40.5 Å². The SMILES string of the molecule is CCN(C(=O)c1cc(C)nc(N2CCC(C)CC2)n1)c1cccc(C)c1. The van der Waals surface area contributed by atoms with Crippen molar-refractivity contribution in [1.82, 2.24) is 9.97 Å². The first-order valence-electron chi connectivity index (χ1n) is 9.47. The first-order chi connectivity index (χ1) is 12.5. The van der Waals surface area contributed by atoms with E-state index in [1.54, 1.807) is 11.0 Å². The minimum absolute atomic E-state index is 0.0739. The van der Waals surface area contributed by atoms with Crippen LogP contribution in [-0.4, -0.2) is 35.5 Å². The van der Waals surface area contributed by atoms with Crippen LogP contribution in [-0.2, 0) is 0 Å². The maximum atomic E-state index is 13.1. The molecule has 138 valence electrons. The van der Waals surface area contributed by atoms with Crippen LogP contribution in [0.15, 0.2) is 30.3 Å². The minimum Gasteiger partial charge on any atom is -0.341 e. The summed E-state index contributed by atoms with van der Waals surface area (Å²) >= 11 is 0. The van der Waals surface area contributed by atoms with Crippen molar-refractivity contribution in [1.29, 1.82) is 0 Å². The van der Waals surface area contributed by atoms with E-state index in [1.165, 1.54) is 0 Å². The molecule has 0 aliphatic carbocycles. The fourth-order valence-corrected chi connectivity index (χ4v) is 3.39. The predicted molar refractivity (Wildman–Crippen MR) is 106 cm³/mol. The molecule has 1 aromatic heterocycles. The first-order valence-corrected chi connectivity index (χ1v) is 9.47. The second-order valence-corrected chi connectivity index (χ2v) is 7.25. The Morgan fingerprint density at radius 1 is 1.19 bits per heavy atom. The molecule has 2 aromatic rings. The van der Waals surface area contributed by atoms with Gasteiger partial charge in [0.05, 0.1) is 0 Å². The quantitative estimate of drug-likeness (QED) is 0.835. The van der Waals surface area contributed by atoms with E-state index >= 15 is 0 Å². The Bertz CT molecular complexity index is 781. The molecule has 0 saturated carbocycles. The highest BCUT2D eigenvalue weighted by Crippen LogP contribution is 2.22. The number of aryl methyl sites for hydroxylation is 2. The third-order valence-electron chi connectivity index (χ3n) is 5.00. The summed E-state index contributed by atoms with van der Waals surface area (Å²) in [7, 11) is 0. The van der Waals surface area contributed by atoms with Gasteiger partial charge in [-0.15, -0.1) is 0 Å². The van der Waals surface area contributed by atoms with E-state index in [0.29, 0.717) is 18.2 Å². The van der Waals surface area contributed by atoms with Gasteiger partial charge in [-0.25, -0.2) is 9.97 Å². The Hall–Kier alpha value is -2.43. The van der Waals surface area contributed by atoms with Crippen molar-refractivity contribution >= 4 is 17.5 Å². The van der Waals surface area contributed by atoms with Crippen molar-refractivity contribution in [2.24, 2.45) is 5.92 Å². The summed E-state index contributed by atoms with van der Waals surface area (Å²) < 4.78 is 0. The molecule has 26 heavy (non-hydrogen) atoms. The number of amides is 1. The van der Waals surface area contributed by atoms with Gasteiger partial charge in [-0.1, -0.05) is 19.1 Å². The highest BCUT2D eigenvalue weighted by molar-refractivity contribution is 6.05. The molecule has 1 aliphatic rings. The fourth-order valence-electron chi connectivity index (χ4n) is 3.39. The topological polar surface area (TPSA) is 49.3 Å². The second-order valence-electron chi connectivity index (χ2n) is 7.25. The van der Waals surface area contributed by atoms with Crippen LogP contribution in [0.4, 0.5) is 11.6 Å². The van der Waals surface area contributed by atoms with Crippen LogP contribution in [0.2, 0.25) is 0 Å². The van der Waals surface area contributed by atoms with Gasteiger partial charge in [0.1, 0.15) is 5.69 Å². The summed E-state index contributed by atoms with van der Waals surface area (Å²) in [5, 5.41) is 0. The molecule has 0 N–H and O–H groups in total. The standard InChI is InChI=1S/C21H28N4O/c1-5-25(18-8-6-7-16(3)13-18)20(26)19-14-17(4)22-21(23-19)24-11-9-15(2)10-12-24/h6-8,13-15H,5,9-12H2,1-4H3. The van der Waals surface area contributed by atoms with E-state index in [2.05, 4.69) is 21.8 Å². The number of carbonyl (C=O) groups is 1. The lowest BCUT2D eigenvalue weighted by molar-refractivity contribution is 0.0983. The maximum absolute atomic E-state index is 13.1. The molecule has 1 fully saturated rings. The van der Waals surface area contributed by atoms with Gasteiger partial charge in [0.15, 0.2) is 0 Å². The number of piperidine rings is 1. The summed E-state index contributed by atoms with van der Waals surface area (Å²) in [4.78, 5) is 26.3. The van der Waals surface area contributed by atoms with Crippen LogP contribution in [0.3, 0.4) is 0 Å². The number of aromatic nitrogens is 2. The van der Waals surface area contributed by atoms with Crippen LogP contribution in [0.25, 0.3) is 0 Å². The van der Waals surface area contributed by atoms with Crippen LogP contribution >= 0.6 is 0 Å². The van der Waals surface area contributed by atoms with E-state index in [4.69, 9.17) is 0 Å². The lowest BCUT2D eigenvalue weighted by Gasteiger charge is -2.30. The van der Waals surface area contributed by atoms with Gasteiger partial charge in [-0.3, -0.25) is 4.79 Å². The van der Waals surface area contributed by atoms with Gasteiger partial charge in [0.25, 0.3) is 5.91 Å². The summed E-state index contributed by atoms with van der Waals surface area (Å²) in [6.45, 7) is 10.7. The largest absolute Gasteiger partial charge is 0.341 e. The Kier molecular flexibility index (Phi) is 5.55. The molecule has 0 bridgehead atoms. The van der Waals surface area contributed by atoms with Gasteiger partial charge >= 0.3 is 0 Å². The van der Waals surface area contributed by atoms with Crippen LogP contribution < -0.4 is 9.80 Å². The van der Waals surface area contributed by atoms with Gasteiger partial charge in [0.2, 0.25) is 5.95 Å². The molecule has 5 nitrogen and oxygen atoms in total. The Morgan fingerprint density at radius 3 is 2.58 bits per heavy atom. The zero-order chi connectivity index (χ0) is 18.7. The van der Waals surface area contributed by atoms with E-state index < -0.39 is 0 Å². The van der Waals surface area contributed by atoms with E-state index in [-0.39, 0.29) is 5.91 Å². The molecule has 0 unspecified atom stereocenters. The van der Waals surface area contributed by atoms with Crippen LogP contribution in [0.5, 0.6) is 0 Å². The molecule has 1 amide bonds. The lowest BCUT2D eigenvalue weighted by atomic mass is 10.00. The average molecular weight is 352 g/mol. The highest BCUT2D eigenvalue weighted by atomic mass is 16.2. The third kappa shape index (κ3) is 4.03. The number of rotatable bonds is 4. The molecule has 0 radical (unpaired) electrons. The van der Waals surface area contributed by atoms with Crippen molar-refractivity contribution in [3.8, 4) is 0 Å². The lowest BCUT2D eigenvalue weighted by Crippen LogP contribution is -2.36. The smallest absolute Gasteiger partial charge is 0.277 e. The summed E-state index contributed by atoms with van der Waals surface area (Å²) in [6, 6.07) is 9.80. The highest BCUT2D eigenvalue weighted by Gasteiger charge is 2.22. The Labute approximate surface area is 156 Å². The predicted octanol–water partition coefficient (Wildman–Crippen LogP) is 4.00. The molecule has 0 atom stereocenters. The molecule has 0 spiro atoms.